The number of amides is 1. The molecular formula is C25H27ClN2O7. The second kappa shape index (κ2) is 11.4. The summed E-state index contributed by atoms with van der Waals surface area (Å²) < 4.78 is 11.5. The zero-order valence-corrected chi connectivity index (χ0v) is 20.3. The minimum atomic E-state index is -1.29. The Morgan fingerprint density at radius 2 is 1.89 bits per heavy atom. The Balaban J connectivity index is 1.65. The highest BCUT2D eigenvalue weighted by molar-refractivity contribution is 6.31. The number of hydrogen-bond acceptors (Lipinski definition) is 7. The maximum Gasteiger partial charge on any atom is 0.287 e. The zero-order valence-electron chi connectivity index (χ0n) is 19.5. The molecule has 0 radical (unpaired) electrons. The van der Waals surface area contributed by atoms with Gasteiger partial charge in [0.25, 0.3) is 11.6 Å². The number of halogens is 1. The lowest BCUT2D eigenvalue weighted by Gasteiger charge is -2.22. The Hall–Kier alpha value is -3.40. The number of nitro groups is 1. The van der Waals surface area contributed by atoms with E-state index in [2.05, 4.69) is 5.32 Å². The molecule has 186 valence electrons. The molecule has 0 saturated heterocycles. The van der Waals surface area contributed by atoms with Gasteiger partial charge in [0.05, 0.1) is 17.6 Å². The van der Waals surface area contributed by atoms with Crippen molar-refractivity contribution in [1.82, 2.24) is 5.32 Å². The van der Waals surface area contributed by atoms with E-state index in [0.29, 0.717) is 22.1 Å². The van der Waals surface area contributed by atoms with Crippen LogP contribution in [0.25, 0.3) is 0 Å². The summed E-state index contributed by atoms with van der Waals surface area (Å²) in [4.78, 5) is 22.9. The molecule has 3 aromatic rings. The molecule has 2 unspecified atom stereocenters. The molecule has 2 aromatic carbocycles. The molecule has 0 aliphatic heterocycles. The molecule has 3 rings (SSSR count). The van der Waals surface area contributed by atoms with Gasteiger partial charge in [0.2, 0.25) is 0 Å². The average molecular weight is 503 g/mol. The lowest BCUT2D eigenvalue weighted by atomic mass is 10.0. The smallest absolute Gasteiger partial charge is 0.287 e. The number of furan rings is 1. The minimum absolute atomic E-state index is 0.0191. The molecule has 10 heteroatoms. The number of nitrogens with zero attached hydrogens (tertiary/aromatic N) is 1. The van der Waals surface area contributed by atoms with Gasteiger partial charge in [-0.2, -0.15) is 0 Å². The molecule has 1 heterocycles. The molecule has 0 bridgehead atoms. The number of hydrogen-bond donors (Lipinski definition) is 3. The monoisotopic (exact) mass is 502 g/mol. The summed E-state index contributed by atoms with van der Waals surface area (Å²) in [6.07, 6.45) is -1.29. The van der Waals surface area contributed by atoms with E-state index in [-0.39, 0.29) is 24.0 Å². The Morgan fingerprint density at radius 3 is 2.49 bits per heavy atom. The molecule has 0 saturated carbocycles. The first-order chi connectivity index (χ1) is 16.6. The maximum atomic E-state index is 12.6. The lowest BCUT2D eigenvalue weighted by Crippen LogP contribution is -2.41. The number of aliphatic hydroxyl groups is 2. The largest absolute Gasteiger partial charge is 0.485 e. The van der Waals surface area contributed by atoms with Crippen molar-refractivity contribution in [3.8, 4) is 5.75 Å². The molecule has 0 aliphatic rings. The van der Waals surface area contributed by atoms with E-state index < -0.39 is 29.6 Å². The summed E-state index contributed by atoms with van der Waals surface area (Å²) in [7, 11) is 0. The molecule has 3 N–H and O–H groups in total. The van der Waals surface area contributed by atoms with Crippen LogP contribution in [-0.4, -0.2) is 33.7 Å². The summed E-state index contributed by atoms with van der Waals surface area (Å²) in [5.41, 5.74) is 2.01. The van der Waals surface area contributed by atoms with Crippen molar-refractivity contribution in [2.45, 2.75) is 45.4 Å². The summed E-state index contributed by atoms with van der Waals surface area (Å²) in [5, 5.41) is 34.2. The van der Waals surface area contributed by atoms with Crippen LogP contribution in [0.15, 0.2) is 52.9 Å². The summed E-state index contributed by atoms with van der Waals surface area (Å²) in [6, 6.07) is 11.0. The molecule has 2 atom stereocenters. The van der Waals surface area contributed by atoms with Gasteiger partial charge in [-0.15, -0.1) is 0 Å². The Bertz CT molecular complexity index is 1190. The number of carbonyl (C=O) groups excluding carboxylic acids is 1. The average Bonchev–Trinajstić information content (AvgIpc) is 3.31. The predicted octanol–water partition coefficient (Wildman–Crippen LogP) is 4.68. The fourth-order valence-electron chi connectivity index (χ4n) is 3.46. The first-order valence-electron chi connectivity index (χ1n) is 11.0. The van der Waals surface area contributed by atoms with Gasteiger partial charge in [-0.1, -0.05) is 25.4 Å². The first-order valence-corrected chi connectivity index (χ1v) is 11.3. The van der Waals surface area contributed by atoms with Crippen LogP contribution in [0.5, 0.6) is 5.75 Å². The summed E-state index contributed by atoms with van der Waals surface area (Å²) >= 11 is 6.24. The molecular weight excluding hydrogens is 476 g/mol. The van der Waals surface area contributed by atoms with Crippen molar-refractivity contribution >= 4 is 23.2 Å². The molecule has 9 nitrogen and oxygen atoms in total. The zero-order chi connectivity index (χ0) is 25.7. The topological polar surface area (TPSA) is 135 Å². The van der Waals surface area contributed by atoms with E-state index >= 15 is 0 Å². The van der Waals surface area contributed by atoms with Gasteiger partial charge in [-0.25, -0.2) is 0 Å². The second-order valence-corrected chi connectivity index (χ2v) is 8.81. The van der Waals surface area contributed by atoms with E-state index in [1.54, 1.807) is 6.07 Å². The summed E-state index contributed by atoms with van der Waals surface area (Å²) in [5.74, 6) is 0.624. The van der Waals surface area contributed by atoms with Crippen LogP contribution in [-0.2, 0) is 6.61 Å². The minimum Gasteiger partial charge on any atom is -0.485 e. The highest BCUT2D eigenvalue weighted by Crippen LogP contribution is 2.32. The number of nitrogens with one attached hydrogen (secondary N) is 1. The van der Waals surface area contributed by atoms with Crippen LogP contribution >= 0.6 is 11.6 Å². The maximum absolute atomic E-state index is 12.6. The predicted molar refractivity (Wildman–Crippen MR) is 130 cm³/mol. The van der Waals surface area contributed by atoms with Crippen LogP contribution in [0.4, 0.5) is 5.69 Å². The molecule has 0 spiro atoms. The number of rotatable bonds is 10. The van der Waals surface area contributed by atoms with Gasteiger partial charge >= 0.3 is 0 Å². The number of nitro benzene ring substituents is 1. The molecule has 1 amide bonds. The van der Waals surface area contributed by atoms with Crippen molar-refractivity contribution in [1.29, 1.82) is 0 Å². The fraction of sp³-hybridized carbons (Fsp3) is 0.320. The van der Waals surface area contributed by atoms with Crippen molar-refractivity contribution in [2.75, 3.05) is 6.61 Å². The molecule has 0 aliphatic carbocycles. The number of ether oxygens (including phenoxy) is 1. The van der Waals surface area contributed by atoms with E-state index in [1.165, 1.54) is 30.3 Å². The van der Waals surface area contributed by atoms with Gasteiger partial charge in [0, 0.05) is 17.2 Å². The standard InChI is InChI=1S/C25H27ClN2O7/c1-14(2)19-11-20(26)15(3)10-23(19)34-13-18-8-9-22(35-18)25(31)27-21(12-29)24(30)16-4-6-17(7-5-16)28(32)33/h4-11,14,21,24,29-30H,12-13H2,1-3H3,(H,27,31). The molecule has 1 aromatic heterocycles. The fourth-order valence-corrected chi connectivity index (χ4v) is 3.63. The number of aliphatic hydroxyl groups excluding tert-OH is 2. The quantitative estimate of drug-likeness (QED) is 0.270. The van der Waals surface area contributed by atoms with Crippen LogP contribution in [0.2, 0.25) is 5.02 Å². The lowest BCUT2D eigenvalue weighted by molar-refractivity contribution is -0.384. The normalized spacial score (nSPS) is 12.9. The third-order valence-electron chi connectivity index (χ3n) is 5.51. The van der Waals surface area contributed by atoms with Crippen LogP contribution in [0.3, 0.4) is 0 Å². The van der Waals surface area contributed by atoms with Crippen LogP contribution in [0, 0.1) is 17.0 Å². The van der Waals surface area contributed by atoms with Gasteiger partial charge in [-0.05, 0) is 65.9 Å². The van der Waals surface area contributed by atoms with E-state index in [0.717, 1.165) is 11.1 Å². The number of non-ortho nitro benzene ring substituents is 1. The Kier molecular flexibility index (Phi) is 8.50. The van der Waals surface area contributed by atoms with Gasteiger partial charge < -0.3 is 24.7 Å². The number of carbonyl (C=O) groups is 1. The third-order valence-corrected chi connectivity index (χ3v) is 5.92. The van der Waals surface area contributed by atoms with E-state index in [1.807, 2.05) is 32.9 Å². The van der Waals surface area contributed by atoms with Gasteiger partial charge in [-0.3, -0.25) is 14.9 Å². The third kappa shape index (κ3) is 6.39. The van der Waals surface area contributed by atoms with Crippen molar-refractivity contribution in [2.24, 2.45) is 0 Å². The van der Waals surface area contributed by atoms with Gasteiger partial charge in [0.1, 0.15) is 24.2 Å². The van der Waals surface area contributed by atoms with Crippen molar-refractivity contribution in [3.05, 3.63) is 91.9 Å². The van der Waals surface area contributed by atoms with Crippen molar-refractivity contribution < 1.29 is 29.1 Å². The Morgan fingerprint density at radius 1 is 1.20 bits per heavy atom. The van der Waals surface area contributed by atoms with Gasteiger partial charge in [0.15, 0.2) is 5.76 Å². The highest BCUT2D eigenvalue weighted by atomic mass is 35.5. The molecule has 35 heavy (non-hydrogen) atoms. The highest BCUT2D eigenvalue weighted by Gasteiger charge is 2.25. The second-order valence-electron chi connectivity index (χ2n) is 8.40. The summed E-state index contributed by atoms with van der Waals surface area (Å²) in [6.45, 7) is 5.48. The van der Waals surface area contributed by atoms with E-state index in [9.17, 15) is 25.1 Å². The molecule has 0 fully saturated rings. The number of aryl methyl sites for hydroxylation is 1. The van der Waals surface area contributed by atoms with Crippen LogP contribution < -0.4 is 10.1 Å². The Labute approximate surface area is 207 Å². The number of benzene rings is 2. The first kappa shape index (κ1) is 26.2. The van der Waals surface area contributed by atoms with Crippen LogP contribution in [0.1, 0.15) is 58.9 Å². The van der Waals surface area contributed by atoms with Crippen molar-refractivity contribution in [3.63, 3.8) is 0 Å². The van der Waals surface area contributed by atoms with E-state index in [4.69, 9.17) is 20.8 Å². The SMILES string of the molecule is Cc1cc(OCc2ccc(C(=O)NC(CO)C(O)c3ccc([N+](=O)[O-])cc3)o2)c(C(C)C)cc1Cl.